The normalized spacial score (nSPS) is 20.8. The molecule has 1 aromatic carbocycles. The number of carbonyl (C=O) groups excluding carboxylic acids is 1. The molecule has 28 heavy (non-hydrogen) atoms. The van der Waals surface area contributed by atoms with Crippen LogP contribution in [0.15, 0.2) is 29.1 Å². The predicted molar refractivity (Wildman–Crippen MR) is 93.7 cm³/mol. The summed E-state index contributed by atoms with van der Waals surface area (Å²) in [5.74, 6) is -3.10. The minimum absolute atomic E-state index is 0.0632. The first-order valence-corrected chi connectivity index (χ1v) is 8.73. The summed E-state index contributed by atoms with van der Waals surface area (Å²) in [6.07, 6.45) is -4.57. The smallest absolute Gasteiger partial charge is 0.336 e. The largest absolute Gasteiger partial charge is 0.392 e. The fraction of sp³-hybridized carbons (Fsp3) is 0.412. The number of fused-ring (bicyclic) bond motifs is 3. The average Bonchev–Trinajstić information content (AvgIpc) is 3.10. The molecule has 1 aliphatic rings. The highest BCUT2D eigenvalue weighted by molar-refractivity contribution is 5.91. The molecule has 148 valence electrons. The van der Waals surface area contributed by atoms with Gasteiger partial charge in [-0.15, -0.1) is 5.10 Å². The maximum atomic E-state index is 13.1. The van der Waals surface area contributed by atoms with E-state index in [4.69, 9.17) is 5.73 Å². The topological polar surface area (TPSA) is 109 Å². The van der Waals surface area contributed by atoms with Crippen molar-refractivity contribution in [2.75, 3.05) is 19.6 Å². The maximum Gasteiger partial charge on any atom is 0.392 e. The van der Waals surface area contributed by atoms with E-state index in [-0.39, 0.29) is 43.2 Å². The maximum absolute atomic E-state index is 13.1. The summed E-state index contributed by atoms with van der Waals surface area (Å²) in [4.78, 5) is 32.8. The minimum Gasteiger partial charge on any atom is -0.336 e. The van der Waals surface area contributed by atoms with Gasteiger partial charge >= 0.3 is 6.18 Å². The van der Waals surface area contributed by atoms with Gasteiger partial charge in [0.25, 0.3) is 11.5 Å². The number of H-pyrrole nitrogens is 1. The summed E-state index contributed by atoms with van der Waals surface area (Å²) in [5, 5.41) is 4.55. The molecule has 1 fully saturated rings. The highest BCUT2D eigenvalue weighted by Crippen LogP contribution is 2.37. The monoisotopic (exact) mass is 394 g/mol. The van der Waals surface area contributed by atoms with Gasteiger partial charge in [-0.1, -0.05) is 12.1 Å². The van der Waals surface area contributed by atoms with E-state index in [2.05, 4.69) is 15.1 Å². The number of piperidine rings is 1. The molecule has 0 radical (unpaired) electrons. The highest BCUT2D eigenvalue weighted by atomic mass is 19.4. The minimum atomic E-state index is -4.35. The van der Waals surface area contributed by atoms with Crippen LogP contribution in [0.4, 0.5) is 13.2 Å². The van der Waals surface area contributed by atoms with Gasteiger partial charge < -0.3 is 10.6 Å². The third-order valence-electron chi connectivity index (χ3n) is 5.14. The van der Waals surface area contributed by atoms with E-state index < -0.39 is 23.9 Å². The molecule has 2 atom stereocenters. The molecule has 11 heteroatoms. The van der Waals surface area contributed by atoms with Gasteiger partial charge in [-0.05, 0) is 25.1 Å². The molecule has 3 N–H and O–H groups in total. The van der Waals surface area contributed by atoms with Crippen LogP contribution in [0.25, 0.3) is 16.7 Å². The number of benzene rings is 1. The van der Waals surface area contributed by atoms with E-state index in [1.165, 1.54) is 9.42 Å². The standard InChI is InChI=1S/C17H17F3N6O2/c18-17(19,20)11-5-6-25(8-9(11)7-21)15(28)13-22-16-23-14(27)10-3-1-2-4-12(10)26(16)24-13/h1-4,9,11H,5-8,21H2,(H,22,23,24,27). The second-order valence-electron chi connectivity index (χ2n) is 6.83. The van der Waals surface area contributed by atoms with Gasteiger partial charge in [-0.3, -0.25) is 14.6 Å². The van der Waals surface area contributed by atoms with Crippen molar-refractivity contribution < 1.29 is 18.0 Å². The first-order chi connectivity index (χ1) is 13.3. The molecule has 3 heterocycles. The number of aromatic amines is 1. The van der Waals surface area contributed by atoms with Crippen molar-refractivity contribution >= 4 is 22.6 Å². The van der Waals surface area contributed by atoms with Crippen molar-refractivity contribution in [3.63, 3.8) is 0 Å². The van der Waals surface area contributed by atoms with E-state index in [0.29, 0.717) is 10.9 Å². The molecule has 0 saturated carbocycles. The molecule has 3 aromatic rings. The van der Waals surface area contributed by atoms with Crippen LogP contribution in [0.2, 0.25) is 0 Å². The number of nitrogens with two attached hydrogens (primary N) is 1. The third kappa shape index (κ3) is 3.01. The Hall–Kier alpha value is -2.95. The molecule has 1 aliphatic heterocycles. The molecule has 0 spiro atoms. The average molecular weight is 394 g/mol. The van der Waals surface area contributed by atoms with Crippen molar-refractivity contribution in [3.8, 4) is 0 Å². The van der Waals surface area contributed by atoms with Gasteiger partial charge in [0.05, 0.1) is 16.8 Å². The SMILES string of the molecule is NCC1CN(C(=O)c2nc3[nH]c(=O)c4ccccc4n3n2)CCC1C(F)(F)F. The zero-order valence-electron chi connectivity index (χ0n) is 14.6. The first kappa shape index (κ1) is 18.4. The highest BCUT2D eigenvalue weighted by Gasteiger charge is 2.47. The van der Waals surface area contributed by atoms with Crippen LogP contribution in [0.3, 0.4) is 0 Å². The number of nitrogens with zero attached hydrogens (tertiary/aromatic N) is 4. The number of hydrogen-bond acceptors (Lipinski definition) is 5. The van der Waals surface area contributed by atoms with Crippen LogP contribution in [0.1, 0.15) is 17.0 Å². The van der Waals surface area contributed by atoms with Gasteiger partial charge in [-0.2, -0.15) is 22.7 Å². The van der Waals surface area contributed by atoms with E-state index in [9.17, 15) is 22.8 Å². The molecular weight excluding hydrogens is 377 g/mol. The summed E-state index contributed by atoms with van der Waals surface area (Å²) in [7, 11) is 0. The van der Waals surface area contributed by atoms with E-state index in [1.807, 2.05) is 0 Å². The Balaban J connectivity index is 1.66. The van der Waals surface area contributed by atoms with Crippen molar-refractivity contribution in [2.24, 2.45) is 17.6 Å². The van der Waals surface area contributed by atoms with Crippen molar-refractivity contribution in [1.29, 1.82) is 0 Å². The number of para-hydroxylation sites is 1. The summed E-state index contributed by atoms with van der Waals surface area (Å²) in [6, 6.07) is 6.70. The zero-order chi connectivity index (χ0) is 20.1. The number of hydrogen-bond donors (Lipinski definition) is 2. The number of nitrogens with one attached hydrogen (secondary N) is 1. The lowest BCUT2D eigenvalue weighted by atomic mass is 9.85. The predicted octanol–water partition coefficient (Wildman–Crippen LogP) is 1.17. The summed E-state index contributed by atoms with van der Waals surface area (Å²) >= 11 is 0. The molecule has 1 saturated heterocycles. The first-order valence-electron chi connectivity index (χ1n) is 8.73. The number of halogens is 3. The van der Waals surface area contributed by atoms with Gasteiger partial charge in [0, 0.05) is 19.0 Å². The van der Waals surface area contributed by atoms with Crippen LogP contribution in [0, 0.1) is 11.8 Å². The molecule has 0 aliphatic carbocycles. The number of aromatic nitrogens is 4. The molecule has 2 unspecified atom stereocenters. The Morgan fingerprint density at radius 2 is 2.07 bits per heavy atom. The Labute approximate surface area is 156 Å². The van der Waals surface area contributed by atoms with Crippen molar-refractivity contribution in [3.05, 3.63) is 40.4 Å². The summed E-state index contributed by atoms with van der Waals surface area (Å²) in [6.45, 7) is -0.358. The lowest BCUT2D eigenvalue weighted by molar-refractivity contribution is -0.197. The molecule has 8 nitrogen and oxygen atoms in total. The number of amides is 1. The molecular formula is C17H17F3N6O2. The van der Waals surface area contributed by atoms with Gasteiger partial charge in [-0.25, -0.2) is 0 Å². The lowest BCUT2D eigenvalue weighted by Crippen LogP contribution is -2.50. The van der Waals surface area contributed by atoms with E-state index in [1.54, 1.807) is 24.3 Å². The fourth-order valence-corrected chi connectivity index (χ4v) is 3.70. The number of alkyl halides is 3. The van der Waals surface area contributed by atoms with Crippen molar-refractivity contribution in [1.82, 2.24) is 24.5 Å². The van der Waals surface area contributed by atoms with Gasteiger partial charge in [0.1, 0.15) is 0 Å². The molecule has 0 bridgehead atoms. The van der Waals surface area contributed by atoms with Crippen LogP contribution in [-0.2, 0) is 0 Å². The Kier molecular flexibility index (Phi) is 4.33. The van der Waals surface area contributed by atoms with Crippen LogP contribution < -0.4 is 11.3 Å². The Bertz CT molecular complexity index is 1110. The molecule has 4 rings (SSSR count). The number of carbonyl (C=O) groups is 1. The summed E-state index contributed by atoms with van der Waals surface area (Å²) < 4.78 is 40.7. The van der Waals surface area contributed by atoms with Crippen LogP contribution in [-0.4, -0.2) is 56.2 Å². The summed E-state index contributed by atoms with van der Waals surface area (Å²) in [5.41, 5.74) is 5.62. The van der Waals surface area contributed by atoms with E-state index >= 15 is 0 Å². The fourth-order valence-electron chi connectivity index (χ4n) is 3.70. The second kappa shape index (κ2) is 6.59. The molecule has 1 amide bonds. The van der Waals surface area contributed by atoms with E-state index in [0.717, 1.165) is 0 Å². The van der Waals surface area contributed by atoms with Gasteiger partial charge in [0.15, 0.2) is 0 Å². The van der Waals surface area contributed by atoms with Crippen LogP contribution in [0.5, 0.6) is 0 Å². The van der Waals surface area contributed by atoms with Gasteiger partial charge in [0.2, 0.25) is 11.6 Å². The lowest BCUT2D eigenvalue weighted by Gasteiger charge is -2.38. The third-order valence-corrected chi connectivity index (χ3v) is 5.14. The zero-order valence-corrected chi connectivity index (χ0v) is 14.6. The Morgan fingerprint density at radius 3 is 2.79 bits per heavy atom. The number of rotatable bonds is 2. The molecule has 2 aromatic heterocycles. The number of likely N-dealkylation sites (tertiary alicyclic amines) is 1. The Morgan fingerprint density at radius 1 is 1.32 bits per heavy atom. The van der Waals surface area contributed by atoms with Crippen molar-refractivity contribution in [2.45, 2.75) is 12.6 Å². The quantitative estimate of drug-likeness (QED) is 0.678. The van der Waals surface area contributed by atoms with Crippen LogP contribution >= 0.6 is 0 Å². The second-order valence-corrected chi connectivity index (χ2v) is 6.83.